The average Bonchev–Trinajstić information content (AvgIpc) is 2.73. The fourth-order valence-electron chi connectivity index (χ4n) is 5.29. The van der Waals surface area contributed by atoms with Crippen molar-refractivity contribution in [1.29, 1.82) is 0 Å². The number of piperidine rings is 1. The van der Waals surface area contributed by atoms with Gasteiger partial charge >= 0.3 is 6.18 Å². The maximum Gasteiger partial charge on any atom is 0.416 e. The second kappa shape index (κ2) is 8.54. The number of aromatic hydroxyl groups is 1. The number of phenolic OH excluding ortho intramolecular Hbond substituents is 1. The van der Waals surface area contributed by atoms with Crippen molar-refractivity contribution in [3.63, 3.8) is 0 Å². The number of aromatic nitrogens is 2. The summed E-state index contributed by atoms with van der Waals surface area (Å²) in [4.78, 5) is 2.60. The van der Waals surface area contributed by atoms with Gasteiger partial charge in [0.25, 0.3) is 0 Å². The first kappa shape index (κ1) is 21.5. The molecule has 1 saturated heterocycles. The van der Waals surface area contributed by atoms with Gasteiger partial charge in [-0.2, -0.15) is 13.2 Å². The van der Waals surface area contributed by atoms with Gasteiger partial charge in [0.1, 0.15) is 11.4 Å². The van der Waals surface area contributed by atoms with E-state index < -0.39 is 17.5 Å². The number of nitrogens with zero attached hydrogens (tertiary/aromatic N) is 3. The monoisotopic (exact) mass is 446 g/mol. The minimum absolute atomic E-state index is 0.309. The van der Waals surface area contributed by atoms with Crippen LogP contribution < -0.4 is 5.32 Å². The van der Waals surface area contributed by atoms with Crippen LogP contribution in [0.3, 0.4) is 0 Å². The molecule has 0 spiro atoms. The smallest absolute Gasteiger partial charge is 0.416 e. The standard InChI is InChI=1S/C24H29F3N4O/c25-24(26,27)15-10-11-20(21(32)13-15)22-18-8-1-2-9-19(18)23(30-29-22)28-16-5-4-12-31(14-16)17-6-3-7-17/h10-11,13,16-17,32H,1-9,12,14H2,(H,28,30)/t16-/m1/s1. The number of benzene rings is 1. The molecule has 1 aromatic heterocycles. The molecule has 172 valence electrons. The summed E-state index contributed by atoms with van der Waals surface area (Å²) >= 11 is 0. The van der Waals surface area contributed by atoms with Crippen molar-refractivity contribution in [3.05, 3.63) is 34.9 Å². The van der Waals surface area contributed by atoms with Crippen LogP contribution in [-0.2, 0) is 19.0 Å². The molecule has 8 heteroatoms. The van der Waals surface area contributed by atoms with Crippen molar-refractivity contribution < 1.29 is 18.3 Å². The molecule has 0 radical (unpaired) electrons. The number of phenols is 1. The minimum atomic E-state index is -4.50. The van der Waals surface area contributed by atoms with Gasteiger partial charge in [0.15, 0.2) is 5.82 Å². The number of hydrogen-bond donors (Lipinski definition) is 2. The molecule has 5 nitrogen and oxygen atoms in total. The van der Waals surface area contributed by atoms with E-state index in [1.165, 1.54) is 38.3 Å². The zero-order valence-electron chi connectivity index (χ0n) is 18.1. The molecular formula is C24H29F3N4O. The van der Waals surface area contributed by atoms with E-state index in [9.17, 15) is 18.3 Å². The van der Waals surface area contributed by atoms with E-state index in [2.05, 4.69) is 20.4 Å². The third-order valence-corrected chi connectivity index (χ3v) is 7.25. The number of nitrogens with one attached hydrogen (secondary N) is 1. The number of rotatable bonds is 4. The number of hydrogen-bond acceptors (Lipinski definition) is 5. The normalized spacial score (nSPS) is 22.3. The van der Waals surface area contributed by atoms with Gasteiger partial charge in [0, 0.05) is 29.8 Å². The largest absolute Gasteiger partial charge is 0.507 e. The Hall–Kier alpha value is -2.35. The van der Waals surface area contributed by atoms with Crippen molar-refractivity contribution in [3.8, 4) is 17.0 Å². The quantitative estimate of drug-likeness (QED) is 0.678. The average molecular weight is 447 g/mol. The van der Waals surface area contributed by atoms with Crippen molar-refractivity contribution >= 4 is 5.82 Å². The van der Waals surface area contributed by atoms with E-state index in [0.29, 0.717) is 17.3 Å². The number of fused-ring (bicyclic) bond motifs is 1. The Bertz CT molecular complexity index is 990. The highest BCUT2D eigenvalue weighted by Crippen LogP contribution is 2.40. The lowest BCUT2D eigenvalue weighted by atomic mass is 9.88. The van der Waals surface area contributed by atoms with Crippen LogP contribution in [0.1, 0.15) is 61.6 Å². The van der Waals surface area contributed by atoms with Crippen LogP contribution in [0.5, 0.6) is 5.75 Å². The topological polar surface area (TPSA) is 61.3 Å². The molecule has 0 bridgehead atoms. The van der Waals surface area contributed by atoms with Gasteiger partial charge in [-0.1, -0.05) is 6.42 Å². The molecular weight excluding hydrogens is 417 g/mol. The van der Waals surface area contributed by atoms with E-state index in [1.54, 1.807) is 0 Å². The molecule has 2 heterocycles. The highest BCUT2D eigenvalue weighted by Gasteiger charge is 2.33. The first-order chi connectivity index (χ1) is 15.4. The Labute approximate surface area is 186 Å². The first-order valence-corrected chi connectivity index (χ1v) is 11.7. The van der Waals surface area contributed by atoms with Crippen LogP contribution >= 0.6 is 0 Å². The predicted octanol–water partition coefficient (Wildman–Crippen LogP) is 5.18. The van der Waals surface area contributed by atoms with Gasteiger partial charge < -0.3 is 10.4 Å². The van der Waals surface area contributed by atoms with Crippen molar-refractivity contribution in [2.75, 3.05) is 18.4 Å². The molecule has 2 N–H and O–H groups in total. The molecule has 2 fully saturated rings. The van der Waals surface area contributed by atoms with Crippen LogP contribution in [-0.4, -0.2) is 45.4 Å². The number of alkyl halides is 3. The van der Waals surface area contributed by atoms with Crippen LogP contribution in [0.25, 0.3) is 11.3 Å². The van der Waals surface area contributed by atoms with Gasteiger partial charge in [-0.25, -0.2) is 0 Å². The van der Waals surface area contributed by atoms with Gasteiger partial charge in [0.05, 0.1) is 5.56 Å². The Balaban J connectivity index is 1.42. The van der Waals surface area contributed by atoms with Gasteiger partial charge in [-0.15, -0.1) is 10.2 Å². The van der Waals surface area contributed by atoms with E-state index in [4.69, 9.17) is 0 Å². The lowest BCUT2D eigenvalue weighted by molar-refractivity contribution is -0.137. The molecule has 32 heavy (non-hydrogen) atoms. The zero-order valence-corrected chi connectivity index (χ0v) is 18.1. The van der Waals surface area contributed by atoms with E-state index in [0.717, 1.165) is 73.8 Å². The third kappa shape index (κ3) is 4.17. The van der Waals surface area contributed by atoms with Crippen LogP contribution in [0.2, 0.25) is 0 Å². The summed E-state index contributed by atoms with van der Waals surface area (Å²) in [6.07, 6.45) is 5.38. The second-order valence-electron chi connectivity index (χ2n) is 9.35. The maximum atomic E-state index is 13.0. The first-order valence-electron chi connectivity index (χ1n) is 11.7. The van der Waals surface area contributed by atoms with Crippen LogP contribution in [0.4, 0.5) is 19.0 Å². The fraction of sp³-hybridized carbons (Fsp3) is 0.583. The predicted molar refractivity (Wildman–Crippen MR) is 117 cm³/mol. The molecule has 5 rings (SSSR count). The number of likely N-dealkylation sites (tertiary alicyclic amines) is 1. The zero-order chi connectivity index (χ0) is 22.3. The summed E-state index contributed by atoms with van der Waals surface area (Å²) in [6.45, 7) is 2.18. The molecule has 1 aromatic carbocycles. The summed E-state index contributed by atoms with van der Waals surface area (Å²) in [6, 6.07) is 4.13. The molecule has 2 aliphatic carbocycles. The summed E-state index contributed by atoms with van der Waals surface area (Å²) in [5.74, 6) is 0.390. The Morgan fingerprint density at radius 2 is 1.75 bits per heavy atom. The summed E-state index contributed by atoms with van der Waals surface area (Å²) in [7, 11) is 0. The molecule has 1 saturated carbocycles. The molecule has 0 unspecified atom stereocenters. The summed E-state index contributed by atoms with van der Waals surface area (Å²) < 4.78 is 39.0. The molecule has 3 aliphatic rings. The molecule has 2 aromatic rings. The van der Waals surface area contributed by atoms with E-state index in [1.807, 2.05) is 0 Å². The van der Waals surface area contributed by atoms with Gasteiger partial charge in [-0.3, -0.25) is 4.90 Å². The van der Waals surface area contributed by atoms with Crippen LogP contribution in [0, 0.1) is 0 Å². The lowest BCUT2D eigenvalue weighted by Gasteiger charge is -2.42. The third-order valence-electron chi connectivity index (χ3n) is 7.25. The van der Waals surface area contributed by atoms with E-state index in [-0.39, 0.29) is 0 Å². The minimum Gasteiger partial charge on any atom is -0.507 e. The van der Waals surface area contributed by atoms with Crippen molar-refractivity contribution in [1.82, 2.24) is 15.1 Å². The highest BCUT2D eigenvalue weighted by molar-refractivity contribution is 5.73. The molecule has 0 amide bonds. The highest BCUT2D eigenvalue weighted by atomic mass is 19.4. The second-order valence-corrected chi connectivity index (χ2v) is 9.35. The van der Waals surface area contributed by atoms with Gasteiger partial charge in [0.2, 0.25) is 0 Å². The maximum absolute atomic E-state index is 13.0. The van der Waals surface area contributed by atoms with Crippen LogP contribution in [0.15, 0.2) is 18.2 Å². The number of anilines is 1. The SMILES string of the molecule is Oc1cc(C(F)(F)F)ccc1-c1nnc(N[C@@H]2CCCN(C3CCC3)C2)c2c1CCCC2. The van der Waals surface area contributed by atoms with Crippen molar-refractivity contribution in [2.45, 2.75) is 76.0 Å². The summed E-state index contributed by atoms with van der Waals surface area (Å²) in [5.41, 5.74) is 2.03. The Kier molecular flexibility index (Phi) is 5.73. The fourth-order valence-corrected chi connectivity index (χ4v) is 5.29. The van der Waals surface area contributed by atoms with Crippen molar-refractivity contribution in [2.24, 2.45) is 0 Å². The molecule has 1 atom stereocenters. The van der Waals surface area contributed by atoms with E-state index >= 15 is 0 Å². The van der Waals surface area contributed by atoms with Gasteiger partial charge in [-0.05, 0) is 81.7 Å². The number of halogens is 3. The summed E-state index contributed by atoms with van der Waals surface area (Å²) in [5, 5.41) is 22.9. The Morgan fingerprint density at radius 3 is 2.44 bits per heavy atom. The Morgan fingerprint density at radius 1 is 0.969 bits per heavy atom. The lowest BCUT2D eigenvalue weighted by Crippen LogP contribution is -2.49. The molecule has 1 aliphatic heterocycles.